The van der Waals surface area contributed by atoms with Gasteiger partial charge in [0.1, 0.15) is 5.75 Å². The van der Waals surface area contributed by atoms with Crippen molar-refractivity contribution in [1.82, 2.24) is 4.98 Å². The van der Waals surface area contributed by atoms with Crippen molar-refractivity contribution in [2.24, 2.45) is 0 Å². The number of phenolic OH excluding ortho intramolecular Hbond substituents is 1. The largest absolute Gasteiger partial charge is 0.507 e. The summed E-state index contributed by atoms with van der Waals surface area (Å²) in [5.74, 6) is 0.368. The van der Waals surface area contributed by atoms with Crippen molar-refractivity contribution >= 4 is 10.9 Å². The SMILES string of the molecule is CCCCCCc1c(C)ccc(O)c1-c1cc2ccccc2[nH]1. The first kappa shape index (κ1) is 15.7. The van der Waals surface area contributed by atoms with Crippen LogP contribution in [-0.4, -0.2) is 10.1 Å². The summed E-state index contributed by atoms with van der Waals surface area (Å²) in [7, 11) is 0. The van der Waals surface area contributed by atoms with Crippen molar-refractivity contribution in [3.05, 3.63) is 53.6 Å². The van der Waals surface area contributed by atoms with E-state index in [1.807, 2.05) is 24.3 Å². The van der Waals surface area contributed by atoms with E-state index in [1.165, 1.54) is 42.2 Å². The molecule has 0 atom stereocenters. The molecular weight excluding hydrogens is 282 g/mol. The van der Waals surface area contributed by atoms with E-state index < -0.39 is 0 Å². The van der Waals surface area contributed by atoms with Crippen molar-refractivity contribution in [3.8, 4) is 17.0 Å². The maximum absolute atomic E-state index is 10.5. The van der Waals surface area contributed by atoms with Crippen LogP contribution in [0.4, 0.5) is 0 Å². The van der Waals surface area contributed by atoms with E-state index in [4.69, 9.17) is 0 Å². The molecule has 0 unspecified atom stereocenters. The molecule has 2 heteroatoms. The summed E-state index contributed by atoms with van der Waals surface area (Å²) >= 11 is 0. The molecule has 2 aromatic carbocycles. The standard InChI is InChI=1S/C21H25NO/c1-3-4-5-6-10-17-15(2)12-13-20(23)21(17)19-14-16-9-7-8-11-18(16)22-19/h7-9,11-14,22-23H,3-6,10H2,1-2H3. The van der Waals surface area contributed by atoms with Crippen molar-refractivity contribution in [3.63, 3.8) is 0 Å². The minimum absolute atomic E-state index is 0.368. The molecule has 2 nitrogen and oxygen atoms in total. The van der Waals surface area contributed by atoms with Crippen LogP contribution in [0, 0.1) is 6.92 Å². The lowest BCUT2D eigenvalue weighted by atomic mass is 9.94. The Morgan fingerprint density at radius 2 is 1.83 bits per heavy atom. The third-order valence-corrected chi connectivity index (χ3v) is 4.60. The number of benzene rings is 2. The number of fused-ring (bicyclic) bond motifs is 1. The average Bonchev–Trinajstić information content (AvgIpc) is 2.98. The molecule has 120 valence electrons. The number of H-pyrrole nitrogens is 1. The molecule has 3 aromatic rings. The minimum Gasteiger partial charge on any atom is -0.507 e. The molecule has 0 spiro atoms. The van der Waals surface area contributed by atoms with Gasteiger partial charge in [-0.15, -0.1) is 0 Å². The number of para-hydroxylation sites is 1. The summed E-state index contributed by atoms with van der Waals surface area (Å²) in [6.07, 6.45) is 5.96. The molecule has 0 saturated carbocycles. The second-order valence-corrected chi connectivity index (χ2v) is 6.34. The lowest BCUT2D eigenvalue weighted by Crippen LogP contribution is -1.96. The van der Waals surface area contributed by atoms with Crippen LogP contribution in [-0.2, 0) is 6.42 Å². The van der Waals surface area contributed by atoms with Crippen molar-refractivity contribution in [2.45, 2.75) is 46.0 Å². The highest BCUT2D eigenvalue weighted by Crippen LogP contribution is 2.36. The molecule has 1 heterocycles. The van der Waals surface area contributed by atoms with Crippen LogP contribution >= 0.6 is 0 Å². The van der Waals surface area contributed by atoms with Crippen LogP contribution < -0.4 is 0 Å². The van der Waals surface area contributed by atoms with Gasteiger partial charge in [-0.1, -0.05) is 50.5 Å². The molecule has 0 bridgehead atoms. The molecule has 0 amide bonds. The Labute approximate surface area is 138 Å². The first-order valence-corrected chi connectivity index (χ1v) is 8.60. The maximum Gasteiger partial charge on any atom is 0.125 e. The number of unbranched alkanes of at least 4 members (excludes halogenated alkanes) is 3. The molecule has 3 rings (SSSR count). The number of hydrogen-bond acceptors (Lipinski definition) is 1. The number of nitrogens with one attached hydrogen (secondary N) is 1. The lowest BCUT2D eigenvalue weighted by molar-refractivity contribution is 0.476. The smallest absolute Gasteiger partial charge is 0.125 e. The van der Waals surface area contributed by atoms with Crippen LogP contribution in [0.25, 0.3) is 22.2 Å². The minimum atomic E-state index is 0.368. The first-order valence-electron chi connectivity index (χ1n) is 8.60. The number of phenols is 1. The second-order valence-electron chi connectivity index (χ2n) is 6.34. The van der Waals surface area contributed by atoms with Crippen LogP contribution in [0.15, 0.2) is 42.5 Å². The number of hydrogen-bond donors (Lipinski definition) is 2. The Balaban J connectivity index is 2.01. The molecule has 0 aliphatic heterocycles. The predicted octanol–water partition coefficient (Wildman–Crippen LogP) is 5.97. The van der Waals surface area contributed by atoms with Gasteiger partial charge in [-0.25, -0.2) is 0 Å². The molecule has 0 aliphatic rings. The van der Waals surface area contributed by atoms with Gasteiger partial charge in [-0.3, -0.25) is 0 Å². The normalized spacial score (nSPS) is 11.2. The summed E-state index contributed by atoms with van der Waals surface area (Å²) in [5.41, 5.74) is 5.62. The lowest BCUT2D eigenvalue weighted by Gasteiger charge is -2.13. The highest BCUT2D eigenvalue weighted by Gasteiger charge is 2.15. The zero-order valence-corrected chi connectivity index (χ0v) is 14.0. The van der Waals surface area contributed by atoms with E-state index in [2.05, 4.69) is 37.0 Å². The molecule has 0 aliphatic carbocycles. The Morgan fingerprint density at radius 3 is 2.61 bits per heavy atom. The molecule has 2 N–H and O–H groups in total. The number of aryl methyl sites for hydroxylation is 1. The van der Waals surface area contributed by atoms with Gasteiger partial charge in [0.15, 0.2) is 0 Å². The monoisotopic (exact) mass is 307 g/mol. The summed E-state index contributed by atoms with van der Waals surface area (Å²) in [4.78, 5) is 3.46. The van der Waals surface area contributed by atoms with Crippen LogP contribution in [0.5, 0.6) is 5.75 Å². The van der Waals surface area contributed by atoms with Gasteiger partial charge in [0.2, 0.25) is 0 Å². The van der Waals surface area contributed by atoms with Gasteiger partial charge in [0, 0.05) is 16.5 Å². The van der Waals surface area contributed by atoms with Crippen LogP contribution in [0.2, 0.25) is 0 Å². The molecule has 23 heavy (non-hydrogen) atoms. The molecular formula is C21H25NO. The van der Waals surface area contributed by atoms with Crippen molar-refractivity contribution in [1.29, 1.82) is 0 Å². The fourth-order valence-electron chi connectivity index (χ4n) is 3.30. The highest BCUT2D eigenvalue weighted by molar-refractivity contribution is 5.88. The van der Waals surface area contributed by atoms with Gasteiger partial charge < -0.3 is 10.1 Å². The maximum atomic E-state index is 10.5. The van der Waals surface area contributed by atoms with Gasteiger partial charge in [-0.2, -0.15) is 0 Å². The van der Waals surface area contributed by atoms with E-state index in [1.54, 1.807) is 0 Å². The van der Waals surface area contributed by atoms with Crippen LogP contribution in [0.3, 0.4) is 0 Å². The van der Waals surface area contributed by atoms with E-state index >= 15 is 0 Å². The Morgan fingerprint density at radius 1 is 1.00 bits per heavy atom. The zero-order valence-electron chi connectivity index (χ0n) is 14.0. The molecule has 0 fully saturated rings. The van der Waals surface area contributed by atoms with Crippen molar-refractivity contribution in [2.75, 3.05) is 0 Å². The number of aromatic amines is 1. The third kappa shape index (κ3) is 3.26. The second kappa shape index (κ2) is 6.91. The topological polar surface area (TPSA) is 36.0 Å². The quantitative estimate of drug-likeness (QED) is 0.541. The fourth-order valence-corrected chi connectivity index (χ4v) is 3.30. The van der Waals surface area contributed by atoms with Crippen molar-refractivity contribution < 1.29 is 5.11 Å². The Kier molecular flexibility index (Phi) is 4.71. The predicted molar refractivity (Wildman–Crippen MR) is 98.0 cm³/mol. The molecule has 1 aromatic heterocycles. The number of aromatic hydroxyl groups is 1. The highest BCUT2D eigenvalue weighted by atomic mass is 16.3. The van der Waals surface area contributed by atoms with Gasteiger partial charge in [-0.05, 0) is 49.1 Å². The average molecular weight is 307 g/mol. The van der Waals surface area contributed by atoms with Gasteiger partial charge >= 0.3 is 0 Å². The van der Waals surface area contributed by atoms with E-state index in [-0.39, 0.29) is 0 Å². The van der Waals surface area contributed by atoms with Gasteiger partial charge in [0.05, 0.1) is 5.69 Å². The van der Waals surface area contributed by atoms with Crippen LogP contribution in [0.1, 0.15) is 43.7 Å². The van der Waals surface area contributed by atoms with Gasteiger partial charge in [0.25, 0.3) is 0 Å². The Hall–Kier alpha value is -2.22. The zero-order chi connectivity index (χ0) is 16.2. The summed E-state index contributed by atoms with van der Waals surface area (Å²) in [6, 6.07) is 14.2. The fraction of sp³-hybridized carbons (Fsp3) is 0.333. The Bertz CT molecular complexity index is 768. The molecule has 0 saturated heterocycles. The molecule has 0 radical (unpaired) electrons. The van der Waals surface area contributed by atoms with E-state index in [9.17, 15) is 5.11 Å². The summed E-state index contributed by atoms with van der Waals surface area (Å²) < 4.78 is 0. The van der Waals surface area contributed by atoms with E-state index in [0.717, 1.165) is 23.2 Å². The summed E-state index contributed by atoms with van der Waals surface area (Å²) in [5, 5.41) is 11.7. The number of rotatable bonds is 6. The first-order chi connectivity index (χ1) is 11.2. The summed E-state index contributed by atoms with van der Waals surface area (Å²) in [6.45, 7) is 4.37. The van der Waals surface area contributed by atoms with E-state index in [0.29, 0.717) is 5.75 Å². The number of aromatic nitrogens is 1. The third-order valence-electron chi connectivity index (χ3n) is 4.60.